The number of aromatic nitrogens is 1. The van der Waals surface area contributed by atoms with Crippen LogP contribution in [0.1, 0.15) is 45.9 Å². The molecule has 0 aliphatic heterocycles. The predicted octanol–water partition coefficient (Wildman–Crippen LogP) is 5.42. The number of rotatable bonds is 7. The second-order valence-electron chi connectivity index (χ2n) is 8.28. The molecule has 1 amide bonds. The molecule has 1 heterocycles. The van der Waals surface area contributed by atoms with E-state index in [1.165, 1.54) is 0 Å². The van der Waals surface area contributed by atoms with Gasteiger partial charge in [-0.25, -0.2) is 13.4 Å². The Hall–Kier alpha value is -3.71. The van der Waals surface area contributed by atoms with Crippen molar-refractivity contribution < 1.29 is 17.6 Å². The quantitative estimate of drug-likeness (QED) is 0.386. The van der Waals surface area contributed by atoms with Crippen LogP contribution in [0.2, 0.25) is 0 Å². The summed E-state index contributed by atoms with van der Waals surface area (Å²) in [5.41, 5.74) is 3.56. The fraction of sp³-hybridized carbons (Fsp3) is 0.185. The van der Waals surface area contributed by atoms with Crippen LogP contribution in [0.5, 0.6) is 0 Å². The van der Waals surface area contributed by atoms with Crippen LogP contribution < -0.4 is 5.32 Å². The zero-order valence-electron chi connectivity index (χ0n) is 19.3. The standard InChI is InChI=1S/C27H26N2O4S/c1-18-9-15-24(16-10-18)34(31,32)17-25-20(3)33-27(29-25)23-13-11-22(12-14-23)26(30)28-19(2)21-7-5-4-6-8-21/h4-16,19H,17H2,1-3H3,(H,28,30)/t19-/m0/s1. The smallest absolute Gasteiger partial charge is 0.251 e. The fourth-order valence-corrected chi connectivity index (χ4v) is 4.91. The third-order valence-electron chi connectivity index (χ3n) is 5.64. The lowest BCUT2D eigenvalue weighted by Gasteiger charge is -2.14. The summed E-state index contributed by atoms with van der Waals surface area (Å²) in [7, 11) is -3.55. The maximum absolute atomic E-state index is 12.8. The number of amides is 1. The molecule has 3 aromatic carbocycles. The van der Waals surface area contributed by atoms with Crippen LogP contribution in [0.4, 0.5) is 0 Å². The van der Waals surface area contributed by atoms with Crippen molar-refractivity contribution in [1.82, 2.24) is 10.3 Å². The number of oxazole rings is 1. The first-order chi connectivity index (χ1) is 16.2. The minimum Gasteiger partial charge on any atom is -0.441 e. The summed E-state index contributed by atoms with van der Waals surface area (Å²) in [6, 6.07) is 23.2. The minimum atomic E-state index is -3.55. The van der Waals surface area contributed by atoms with Gasteiger partial charge in [-0.2, -0.15) is 0 Å². The summed E-state index contributed by atoms with van der Waals surface area (Å²) in [6.45, 7) is 5.54. The molecule has 4 aromatic rings. The molecule has 1 aromatic heterocycles. The molecule has 7 heteroatoms. The molecular formula is C27H26N2O4S. The Morgan fingerprint density at radius 1 is 0.941 bits per heavy atom. The maximum atomic E-state index is 12.8. The molecule has 34 heavy (non-hydrogen) atoms. The van der Waals surface area contributed by atoms with E-state index in [-0.39, 0.29) is 22.6 Å². The lowest BCUT2D eigenvalue weighted by molar-refractivity contribution is 0.0940. The Kier molecular flexibility index (Phi) is 6.65. The average Bonchev–Trinajstić information content (AvgIpc) is 3.19. The van der Waals surface area contributed by atoms with Gasteiger partial charge in [0.1, 0.15) is 11.5 Å². The van der Waals surface area contributed by atoms with E-state index in [4.69, 9.17) is 4.42 Å². The van der Waals surface area contributed by atoms with Gasteiger partial charge in [0.25, 0.3) is 5.91 Å². The topological polar surface area (TPSA) is 89.3 Å². The number of hydrogen-bond acceptors (Lipinski definition) is 5. The zero-order valence-corrected chi connectivity index (χ0v) is 20.1. The Bertz CT molecular complexity index is 1390. The van der Waals surface area contributed by atoms with Gasteiger partial charge in [0.05, 0.1) is 16.6 Å². The van der Waals surface area contributed by atoms with Crippen molar-refractivity contribution in [2.75, 3.05) is 0 Å². The van der Waals surface area contributed by atoms with Crippen molar-refractivity contribution in [2.45, 2.75) is 37.5 Å². The predicted molar refractivity (Wildman–Crippen MR) is 131 cm³/mol. The molecule has 0 aliphatic carbocycles. The van der Waals surface area contributed by atoms with E-state index in [0.717, 1.165) is 11.1 Å². The van der Waals surface area contributed by atoms with Crippen LogP contribution in [0, 0.1) is 13.8 Å². The van der Waals surface area contributed by atoms with Gasteiger partial charge in [0.15, 0.2) is 9.84 Å². The van der Waals surface area contributed by atoms with Crippen molar-refractivity contribution in [2.24, 2.45) is 0 Å². The van der Waals surface area contributed by atoms with Crippen molar-refractivity contribution in [3.05, 3.63) is 107 Å². The highest BCUT2D eigenvalue weighted by atomic mass is 32.2. The van der Waals surface area contributed by atoms with Crippen LogP contribution in [-0.2, 0) is 15.6 Å². The van der Waals surface area contributed by atoms with Crippen molar-refractivity contribution >= 4 is 15.7 Å². The summed E-state index contributed by atoms with van der Waals surface area (Å²) >= 11 is 0. The largest absolute Gasteiger partial charge is 0.441 e. The van der Waals surface area contributed by atoms with Crippen molar-refractivity contribution in [1.29, 1.82) is 0 Å². The molecular weight excluding hydrogens is 448 g/mol. The van der Waals surface area contributed by atoms with E-state index < -0.39 is 9.84 Å². The Labute approximate surface area is 199 Å². The first kappa shape index (κ1) is 23.4. The highest BCUT2D eigenvalue weighted by molar-refractivity contribution is 7.90. The average molecular weight is 475 g/mol. The van der Waals surface area contributed by atoms with Gasteiger partial charge in [0, 0.05) is 11.1 Å². The SMILES string of the molecule is Cc1ccc(S(=O)(=O)Cc2nc(-c3ccc(C(=O)N[C@@H](C)c4ccccc4)cc3)oc2C)cc1. The number of sulfone groups is 1. The zero-order chi connectivity index (χ0) is 24.3. The Balaban J connectivity index is 1.47. The van der Waals surface area contributed by atoms with E-state index >= 15 is 0 Å². The molecule has 0 unspecified atom stereocenters. The maximum Gasteiger partial charge on any atom is 0.251 e. The van der Waals surface area contributed by atoms with Gasteiger partial charge in [-0.3, -0.25) is 4.79 Å². The first-order valence-corrected chi connectivity index (χ1v) is 12.6. The van der Waals surface area contributed by atoms with Gasteiger partial charge in [-0.1, -0.05) is 48.0 Å². The summed E-state index contributed by atoms with van der Waals surface area (Å²) in [4.78, 5) is 17.3. The molecule has 0 aliphatic rings. The van der Waals surface area contributed by atoms with E-state index in [1.807, 2.05) is 44.2 Å². The lowest BCUT2D eigenvalue weighted by Crippen LogP contribution is -2.26. The van der Waals surface area contributed by atoms with Crippen molar-refractivity contribution in [3.63, 3.8) is 0 Å². The lowest BCUT2D eigenvalue weighted by atomic mass is 10.1. The fourth-order valence-electron chi connectivity index (χ4n) is 3.56. The molecule has 0 radical (unpaired) electrons. The van der Waals surface area contributed by atoms with Gasteiger partial charge in [0.2, 0.25) is 5.89 Å². The van der Waals surface area contributed by atoms with Gasteiger partial charge >= 0.3 is 0 Å². The molecule has 1 atom stereocenters. The molecule has 6 nitrogen and oxygen atoms in total. The number of benzene rings is 3. The first-order valence-electron chi connectivity index (χ1n) is 10.9. The molecule has 0 spiro atoms. The van der Waals surface area contributed by atoms with E-state index in [2.05, 4.69) is 10.3 Å². The second kappa shape index (κ2) is 9.65. The van der Waals surface area contributed by atoms with E-state index in [1.54, 1.807) is 55.5 Å². The monoisotopic (exact) mass is 474 g/mol. The van der Waals surface area contributed by atoms with Crippen molar-refractivity contribution in [3.8, 4) is 11.5 Å². The summed E-state index contributed by atoms with van der Waals surface area (Å²) < 4.78 is 31.3. The third-order valence-corrected chi connectivity index (χ3v) is 7.28. The summed E-state index contributed by atoms with van der Waals surface area (Å²) in [5, 5.41) is 2.98. The number of carbonyl (C=O) groups excluding carboxylic acids is 1. The Morgan fingerprint density at radius 2 is 1.59 bits per heavy atom. The van der Waals surface area contributed by atoms with E-state index in [9.17, 15) is 13.2 Å². The van der Waals surface area contributed by atoms with Crippen LogP contribution in [0.25, 0.3) is 11.5 Å². The molecule has 4 rings (SSSR count). The number of carbonyl (C=O) groups is 1. The number of nitrogens with zero attached hydrogens (tertiary/aromatic N) is 1. The number of hydrogen-bond donors (Lipinski definition) is 1. The van der Waals surface area contributed by atoms with E-state index in [0.29, 0.717) is 28.5 Å². The van der Waals surface area contributed by atoms with Gasteiger partial charge in [-0.05, 0) is 62.7 Å². The molecule has 0 saturated heterocycles. The van der Waals surface area contributed by atoms with Gasteiger partial charge < -0.3 is 9.73 Å². The summed E-state index contributed by atoms with van der Waals surface area (Å²) in [5.74, 6) is 0.334. The molecule has 0 saturated carbocycles. The van der Waals surface area contributed by atoms with Crippen LogP contribution in [0.15, 0.2) is 88.2 Å². The second-order valence-corrected chi connectivity index (χ2v) is 10.3. The molecule has 0 fully saturated rings. The highest BCUT2D eigenvalue weighted by Gasteiger charge is 2.21. The number of aryl methyl sites for hydroxylation is 2. The van der Waals surface area contributed by atoms with Crippen LogP contribution in [0.3, 0.4) is 0 Å². The number of nitrogens with one attached hydrogen (secondary N) is 1. The highest BCUT2D eigenvalue weighted by Crippen LogP contribution is 2.25. The Morgan fingerprint density at radius 3 is 2.24 bits per heavy atom. The van der Waals surface area contributed by atoms with Crippen LogP contribution >= 0.6 is 0 Å². The molecule has 174 valence electrons. The van der Waals surface area contributed by atoms with Crippen LogP contribution in [-0.4, -0.2) is 19.3 Å². The van der Waals surface area contributed by atoms with Gasteiger partial charge in [-0.15, -0.1) is 0 Å². The summed E-state index contributed by atoms with van der Waals surface area (Å²) in [6.07, 6.45) is 0. The minimum absolute atomic E-state index is 0.124. The molecule has 1 N–H and O–H groups in total. The normalized spacial score (nSPS) is 12.3. The molecule has 0 bridgehead atoms. The third kappa shape index (κ3) is 5.26.